The molecule has 1 heterocycles. The van der Waals surface area contributed by atoms with E-state index in [9.17, 15) is 14.4 Å². The van der Waals surface area contributed by atoms with Crippen LogP contribution in [0.4, 0.5) is 16.3 Å². The predicted octanol–water partition coefficient (Wildman–Crippen LogP) is 3.82. The number of unbranched alkanes of at least 4 members (excludes halogenated alkanes) is 2. The second-order valence-corrected chi connectivity index (χ2v) is 6.73. The van der Waals surface area contributed by atoms with Crippen LogP contribution >= 0.6 is 0 Å². The molecule has 2 N–H and O–H groups in total. The van der Waals surface area contributed by atoms with E-state index in [1.807, 2.05) is 0 Å². The Morgan fingerprint density at radius 2 is 1.83 bits per heavy atom. The molecule has 0 atom stereocenters. The summed E-state index contributed by atoms with van der Waals surface area (Å²) in [4.78, 5) is 38.2. The van der Waals surface area contributed by atoms with E-state index in [2.05, 4.69) is 22.7 Å². The number of rotatable bonds is 10. The van der Waals surface area contributed by atoms with Gasteiger partial charge < -0.3 is 24.8 Å². The number of aromatic nitrogens is 1. The second-order valence-electron chi connectivity index (χ2n) is 6.73. The van der Waals surface area contributed by atoms with E-state index in [4.69, 9.17) is 9.26 Å². The first-order valence-electron chi connectivity index (χ1n) is 9.99. The number of urea groups is 1. The number of hydrogen-bond acceptors (Lipinski definition) is 6. The number of nitrogens with one attached hydrogen (secondary N) is 2. The number of esters is 1. The van der Waals surface area contributed by atoms with Crippen LogP contribution in [0.1, 0.15) is 49.2 Å². The molecule has 2 aromatic rings. The van der Waals surface area contributed by atoms with Crippen molar-refractivity contribution in [2.75, 3.05) is 30.3 Å². The molecule has 1 aromatic carbocycles. The highest BCUT2D eigenvalue weighted by atomic mass is 16.5. The zero-order chi connectivity index (χ0) is 21.9. The monoisotopic (exact) mass is 416 g/mol. The normalized spacial score (nSPS) is 10.4. The van der Waals surface area contributed by atoms with Crippen LogP contribution < -0.4 is 10.6 Å². The van der Waals surface area contributed by atoms with Crippen LogP contribution in [0.5, 0.6) is 0 Å². The molecule has 9 heteroatoms. The van der Waals surface area contributed by atoms with Crippen LogP contribution in [0.3, 0.4) is 0 Å². The molecule has 1 aromatic heterocycles. The second kappa shape index (κ2) is 11.6. The fourth-order valence-corrected chi connectivity index (χ4v) is 2.69. The first kappa shape index (κ1) is 22.9. The number of benzene rings is 1. The van der Waals surface area contributed by atoms with Gasteiger partial charge in [0, 0.05) is 18.3 Å². The average Bonchev–Trinajstić information content (AvgIpc) is 3.12. The summed E-state index contributed by atoms with van der Waals surface area (Å²) in [6, 6.07) is 7.59. The number of carbonyl (C=O) groups is 3. The summed E-state index contributed by atoms with van der Waals surface area (Å²) in [5.41, 5.74) is 0.915. The first-order valence-corrected chi connectivity index (χ1v) is 9.99. The predicted molar refractivity (Wildman–Crippen MR) is 112 cm³/mol. The average molecular weight is 416 g/mol. The van der Waals surface area contributed by atoms with Gasteiger partial charge in [-0.05, 0) is 44.5 Å². The van der Waals surface area contributed by atoms with E-state index in [1.165, 1.54) is 4.90 Å². The van der Waals surface area contributed by atoms with Crippen LogP contribution in [0.15, 0.2) is 34.9 Å². The first-order chi connectivity index (χ1) is 14.4. The lowest BCUT2D eigenvalue weighted by atomic mass is 10.2. The molecule has 0 radical (unpaired) electrons. The molecule has 0 spiro atoms. The quantitative estimate of drug-likeness (QED) is 0.450. The van der Waals surface area contributed by atoms with Gasteiger partial charge in [-0.15, -0.1) is 0 Å². The zero-order valence-electron chi connectivity index (χ0n) is 17.6. The molecule has 0 aliphatic heterocycles. The zero-order valence-corrected chi connectivity index (χ0v) is 17.6. The van der Waals surface area contributed by atoms with Crippen molar-refractivity contribution in [2.45, 2.75) is 40.0 Å². The van der Waals surface area contributed by atoms with Gasteiger partial charge >= 0.3 is 12.0 Å². The molecule has 0 bridgehead atoms. The fourth-order valence-electron chi connectivity index (χ4n) is 2.69. The minimum Gasteiger partial charge on any atom is -0.462 e. The van der Waals surface area contributed by atoms with E-state index >= 15 is 0 Å². The van der Waals surface area contributed by atoms with E-state index in [1.54, 1.807) is 44.2 Å². The van der Waals surface area contributed by atoms with E-state index in [0.717, 1.165) is 19.3 Å². The highest BCUT2D eigenvalue weighted by Gasteiger charge is 2.18. The Morgan fingerprint density at radius 3 is 2.43 bits per heavy atom. The van der Waals surface area contributed by atoms with Gasteiger partial charge in [0.25, 0.3) is 0 Å². The molecule has 2 rings (SSSR count). The van der Waals surface area contributed by atoms with Gasteiger partial charge in [0.1, 0.15) is 12.3 Å². The maximum Gasteiger partial charge on any atom is 0.338 e. The van der Waals surface area contributed by atoms with Crippen molar-refractivity contribution in [1.29, 1.82) is 0 Å². The SMILES string of the molecule is CCCCCN(CC(=O)Nc1cc(C)on1)C(=O)Nc1ccc(C(=O)OCC)cc1. The molecular formula is C21H28N4O5. The molecule has 162 valence electrons. The Hall–Kier alpha value is -3.36. The standard InChI is InChI=1S/C21H28N4O5/c1-4-6-7-12-25(14-19(26)23-18-13-15(3)30-24-18)21(28)22-17-10-8-16(9-11-17)20(27)29-5-2/h8-11,13H,4-7,12,14H2,1-3H3,(H,22,28)(H,23,24,26). The Bertz CT molecular complexity index is 847. The van der Waals surface area contributed by atoms with Gasteiger partial charge in [0.15, 0.2) is 5.82 Å². The molecule has 3 amide bonds. The van der Waals surface area contributed by atoms with Crippen LogP contribution in [0, 0.1) is 6.92 Å². The van der Waals surface area contributed by atoms with Crippen molar-refractivity contribution >= 4 is 29.4 Å². The third kappa shape index (κ3) is 7.23. The van der Waals surface area contributed by atoms with Gasteiger partial charge in [-0.1, -0.05) is 24.9 Å². The summed E-state index contributed by atoms with van der Waals surface area (Å²) in [6.45, 7) is 6.13. The number of anilines is 2. The number of hydrogen-bond donors (Lipinski definition) is 2. The van der Waals surface area contributed by atoms with Crippen molar-refractivity contribution in [3.8, 4) is 0 Å². The van der Waals surface area contributed by atoms with E-state index in [-0.39, 0.29) is 12.5 Å². The lowest BCUT2D eigenvalue weighted by Gasteiger charge is -2.22. The summed E-state index contributed by atoms with van der Waals surface area (Å²) >= 11 is 0. The highest BCUT2D eigenvalue weighted by molar-refractivity contribution is 5.97. The molecule has 0 saturated heterocycles. The van der Waals surface area contributed by atoms with Crippen molar-refractivity contribution in [3.63, 3.8) is 0 Å². The van der Waals surface area contributed by atoms with Crippen molar-refractivity contribution in [3.05, 3.63) is 41.7 Å². The van der Waals surface area contributed by atoms with Gasteiger partial charge in [0.05, 0.1) is 12.2 Å². The Labute approximate surface area is 175 Å². The van der Waals surface area contributed by atoms with Crippen molar-refractivity contribution in [1.82, 2.24) is 10.1 Å². The lowest BCUT2D eigenvalue weighted by Crippen LogP contribution is -2.41. The van der Waals surface area contributed by atoms with Crippen LogP contribution in [0.2, 0.25) is 0 Å². The summed E-state index contributed by atoms with van der Waals surface area (Å²) in [7, 11) is 0. The van der Waals surface area contributed by atoms with Crippen LogP contribution in [-0.4, -0.2) is 47.7 Å². The van der Waals surface area contributed by atoms with E-state index in [0.29, 0.717) is 36.0 Å². The Balaban J connectivity index is 1.99. The summed E-state index contributed by atoms with van der Waals surface area (Å²) in [6.07, 6.45) is 2.72. The Kier molecular flexibility index (Phi) is 8.86. The largest absolute Gasteiger partial charge is 0.462 e. The van der Waals surface area contributed by atoms with Gasteiger partial charge in [-0.3, -0.25) is 4.79 Å². The maximum atomic E-state index is 12.7. The molecule has 0 unspecified atom stereocenters. The summed E-state index contributed by atoms with van der Waals surface area (Å²) in [5.74, 6) is 0.0963. The molecule has 0 aliphatic carbocycles. The van der Waals surface area contributed by atoms with Crippen molar-refractivity contribution < 1.29 is 23.6 Å². The minimum absolute atomic E-state index is 0.123. The third-order valence-corrected chi connectivity index (χ3v) is 4.20. The third-order valence-electron chi connectivity index (χ3n) is 4.20. The number of amides is 3. The summed E-state index contributed by atoms with van der Waals surface area (Å²) < 4.78 is 9.87. The Morgan fingerprint density at radius 1 is 1.10 bits per heavy atom. The molecule has 0 aliphatic rings. The number of carbonyl (C=O) groups excluding carboxylic acids is 3. The van der Waals surface area contributed by atoms with Crippen LogP contribution in [0.25, 0.3) is 0 Å². The van der Waals surface area contributed by atoms with Crippen LogP contribution in [-0.2, 0) is 9.53 Å². The number of nitrogens with zero attached hydrogens (tertiary/aromatic N) is 2. The van der Waals surface area contributed by atoms with Crippen molar-refractivity contribution in [2.24, 2.45) is 0 Å². The molecule has 0 fully saturated rings. The molecule has 30 heavy (non-hydrogen) atoms. The topological polar surface area (TPSA) is 114 Å². The maximum absolute atomic E-state index is 12.7. The highest BCUT2D eigenvalue weighted by Crippen LogP contribution is 2.13. The van der Waals surface area contributed by atoms with Gasteiger partial charge in [-0.2, -0.15) is 0 Å². The fraction of sp³-hybridized carbons (Fsp3) is 0.429. The number of ether oxygens (including phenoxy) is 1. The number of aryl methyl sites for hydroxylation is 1. The molecular weight excluding hydrogens is 388 g/mol. The lowest BCUT2D eigenvalue weighted by molar-refractivity contribution is -0.116. The molecule has 9 nitrogen and oxygen atoms in total. The smallest absolute Gasteiger partial charge is 0.338 e. The minimum atomic E-state index is -0.420. The van der Waals surface area contributed by atoms with Gasteiger partial charge in [0.2, 0.25) is 5.91 Å². The molecule has 0 saturated carbocycles. The van der Waals surface area contributed by atoms with Gasteiger partial charge in [-0.25, -0.2) is 9.59 Å². The van der Waals surface area contributed by atoms with E-state index < -0.39 is 12.0 Å². The summed E-state index contributed by atoms with van der Waals surface area (Å²) in [5, 5.41) is 9.10.